The fraction of sp³-hybridized carbons (Fsp3) is 0.692. The molecule has 2 amide bonds. The molecule has 0 N–H and O–H groups in total. The molecule has 90 valence electrons. The van der Waals surface area contributed by atoms with Gasteiger partial charge >= 0.3 is 0 Å². The maximum absolute atomic E-state index is 12.2. The van der Waals surface area contributed by atoms with Crippen LogP contribution in [0.15, 0.2) is 12.7 Å². The van der Waals surface area contributed by atoms with Gasteiger partial charge in [-0.1, -0.05) is 26.3 Å². The number of rotatable bonds is 5. The molecule has 1 aliphatic rings. The van der Waals surface area contributed by atoms with E-state index in [0.717, 1.165) is 12.8 Å². The third kappa shape index (κ3) is 2.71. The second kappa shape index (κ2) is 5.83. The number of carbonyl (C=O) groups is 2. The summed E-state index contributed by atoms with van der Waals surface area (Å²) in [6.07, 6.45) is 4.72. The van der Waals surface area contributed by atoms with Crippen molar-refractivity contribution >= 4 is 11.8 Å². The summed E-state index contributed by atoms with van der Waals surface area (Å²) in [6.45, 7) is 8.42. The van der Waals surface area contributed by atoms with E-state index in [1.165, 1.54) is 4.90 Å². The second-order valence-corrected chi connectivity index (χ2v) is 4.50. The van der Waals surface area contributed by atoms with Gasteiger partial charge in [-0.15, -0.1) is 6.58 Å². The lowest BCUT2D eigenvalue weighted by molar-refractivity contribution is -0.145. The highest BCUT2D eigenvalue weighted by atomic mass is 16.2. The average Bonchev–Trinajstić information content (AvgIpc) is 2.70. The predicted octanol–water partition coefficient (Wildman–Crippen LogP) is 2.37. The molecule has 0 spiro atoms. The standard InChI is InChI=1S/C13H21NO2/c1-4-7-11(10(3)5-2)13(16)14-9-6-8-12(14)15/h4,10-11H,1,5-9H2,2-3H3/t10-,11+/m0/s1. The summed E-state index contributed by atoms with van der Waals surface area (Å²) in [5.41, 5.74) is 0. The maximum atomic E-state index is 12.2. The van der Waals surface area contributed by atoms with Crippen LogP contribution in [-0.4, -0.2) is 23.3 Å². The highest BCUT2D eigenvalue weighted by Gasteiger charge is 2.33. The van der Waals surface area contributed by atoms with Crippen LogP contribution in [0.5, 0.6) is 0 Å². The SMILES string of the molecule is C=CC[C@@H](C(=O)N1CCCC1=O)[C@@H](C)CC. The summed E-state index contributed by atoms with van der Waals surface area (Å²) in [5, 5.41) is 0. The third-order valence-electron chi connectivity index (χ3n) is 3.41. The van der Waals surface area contributed by atoms with Gasteiger partial charge < -0.3 is 0 Å². The topological polar surface area (TPSA) is 37.4 Å². The van der Waals surface area contributed by atoms with Gasteiger partial charge in [0.15, 0.2) is 0 Å². The van der Waals surface area contributed by atoms with Crippen LogP contribution in [0, 0.1) is 11.8 Å². The highest BCUT2D eigenvalue weighted by molar-refractivity contribution is 5.97. The fourth-order valence-corrected chi connectivity index (χ4v) is 2.12. The molecule has 0 aromatic heterocycles. The van der Waals surface area contributed by atoms with Crippen LogP contribution in [0.4, 0.5) is 0 Å². The van der Waals surface area contributed by atoms with Gasteiger partial charge in [0.25, 0.3) is 0 Å². The molecule has 0 unspecified atom stereocenters. The summed E-state index contributed by atoms with van der Waals surface area (Å²) in [6, 6.07) is 0. The van der Waals surface area contributed by atoms with Crippen molar-refractivity contribution in [2.24, 2.45) is 11.8 Å². The van der Waals surface area contributed by atoms with E-state index in [-0.39, 0.29) is 17.7 Å². The molecule has 1 aliphatic heterocycles. The molecule has 0 radical (unpaired) electrons. The number of amides is 2. The zero-order valence-corrected chi connectivity index (χ0v) is 10.2. The molecule has 2 atom stereocenters. The van der Waals surface area contributed by atoms with Gasteiger partial charge in [0.05, 0.1) is 0 Å². The van der Waals surface area contributed by atoms with Crippen molar-refractivity contribution in [1.82, 2.24) is 4.90 Å². The first kappa shape index (κ1) is 12.9. The number of hydrogen-bond donors (Lipinski definition) is 0. The van der Waals surface area contributed by atoms with Crippen LogP contribution >= 0.6 is 0 Å². The van der Waals surface area contributed by atoms with Gasteiger partial charge in [0.2, 0.25) is 11.8 Å². The van der Waals surface area contributed by atoms with Crippen LogP contribution in [0.3, 0.4) is 0 Å². The number of carbonyl (C=O) groups excluding carboxylic acids is 2. The van der Waals surface area contributed by atoms with Crippen molar-refractivity contribution in [2.45, 2.75) is 39.5 Å². The minimum Gasteiger partial charge on any atom is -0.282 e. The molecule has 0 aromatic carbocycles. The maximum Gasteiger partial charge on any atom is 0.232 e. The average molecular weight is 223 g/mol. The predicted molar refractivity (Wildman–Crippen MR) is 63.7 cm³/mol. The quantitative estimate of drug-likeness (QED) is 0.671. The van der Waals surface area contributed by atoms with Crippen molar-refractivity contribution in [3.05, 3.63) is 12.7 Å². The lowest BCUT2D eigenvalue weighted by Gasteiger charge is -2.25. The van der Waals surface area contributed by atoms with Crippen molar-refractivity contribution in [1.29, 1.82) is 0 Å². The number of likely N-dealkylation sites (tertiary alicyclic amines) is 1. The van der Waals surface area contributed by atoms with E-state index in [2.05, 4.69) is 20.4 Å². The molecule has 1 saturated heterocycles. The summed E-state index contributed by atoms with van der Waals surface area (Å²) in [5.74, 6) is 0.211. The van der Waals surface area contributed by atoms with Crippen LogP contribution in [0.25, 0.3) is 0 Å². The molecule has 1 fully saturated rings. The highest BCUT2D eigenvalue weighted by Crippen LogP contribution is 2.24. The van der Waals surface area contributed by atoms with E-state index in [1.807, 2.05) is 0 Å². The van der Waals surface area contributed by atoms with Gasteiger partial charge in [0, 0.05) is 18.9 Å². The Labute approximate surface area is 97.5 Å². The molecule has 16 heavy (non-hydrogen) atoms. The Bertz CT molecular complexity index is 286. The Balaban J connectivity index is 2.73. The van der Waals surface area contributed by atoms with E-state index < -0.39 is 0 Å². The number of allylic oxidation sites excluding steroid dienone is 1. The minimum atomic E-state index is -0.0791. The van der Waals surface area contributed by atoms with Crippen LogP contribution in [-0.2, 0) is 9.59 Å². The number of imide groups is 1. The summed E-state index contributed by atoms with van der Waals surface area (Å²) >= 11 is 0. The molecule has 0 saturated carbocycles. The van der Waals surface area contributed by atoms with Crippen molar-refractivity contribution in [3.63, 3.8) is 0 Å². The fourth-order valence-electron chi connectivity index (χ4n) is 2.12. The summed E-state index contributed by atoms with van der Waals surface area (Å²) < 4.78 is 0. The Kier molecular flexibility index (Phi) is 4.71. The molecule has 1 heterocycles. The van der Waals surface area contributed by atoms with Gasteiger partial charge in [0.1, 0.15) is 0 Å². The summed E-state index contributed by atoms with van der Waals surface area (Å²) in [4.78, 5) is 25.1. The van der Waals surface area contributed by atoms with Gasteiger partial charge in [-0.2, -0.15) is 0 Å². The Morgan fingerprint density at radius 3 is 2.75 bits per heavy atom. The third-order valence-corrected chi connectivity index (χ3v) is 3.41. The van der Waals surface area contributed by atoms with Crippen molar-refractivity contribution in [3.8, 4) is 0 Å². The van der Waals surface area contributed by atoms with E-state index in [9.17, 15) is 9.59 Å². The first-order valence-electron chi connectivity index (χ1n) is 6.06. The van der Waals surface area contributed by atoms with Crippen molar-refractivity contribution in [2.75, 3.05) is 6.54 Å². The van der Waals surface area contributed by atoms with Gasteiger partial charge in [-0.05, 0) is 18.8 Å². The van der Waals surface area contributed by atoms with E-state index in [1.54, 1.807) is 6.08 Å². The number of nitrogens with zero attached hydrogens (tertiary/aromatic N) is 1. The lowest BCUT2D eigenvalue weighted by atomic mass is 9.88. The van der Waals surface area contributed by atoms with Crippen LogP contribution in [0.1, 0.15) is 39.5 Å². The smallest absolute Gasteiger partial charge is 0.232 e. The largest absolute Gasteiger partial charge is 0.282 e. The molecule has 0 aliphatic carbocycles. The minimum absolute atomic E-state index is 0.00301. The summed E-state index contributed by atoms with van der Waals surface area (Å²) in [7, 11) is 0. The molecular weight excluding hydrogens is 202 g/mol. The molecular formula is C13H21NO2. The monoisotopic (exact) mass is 223 g/mol. The molecule has 3 nitrogen and oxygen atoms in total. The second-order valence-electron chi connectivity index (χ2n) is 4.50. The van der Waals surface area contributed by atoms with Gasteiger partial charge in [-0.25, -0.2) is 0 Å². The zero-order valence-electron chi connectivity index (χ0n) is 10.2. The zero-order chi connectivity index (χ0) is 12.1. The Hall–Kier alpha value is -1.12. The molecule has 3 heteroatoms. The number of hydrogen-bond acceptors (Lipinski definition) is 2. The Morgan fingerprint density at radius 2 is 2.31 bits per heavy atom. The Morgan fingerprint density at radius 1 is 1.62 bits per heavy atom. The van der Waals surface area contributed by atoms with E-state index in [0.29, 0.717) is 25.3 Å². The van der Waals surface area contributed by atoms with Gasteiger partial charge in [-0.3, -0.25) is 14.5 Å². The van der Waals surface area contributed by atoms with E-state index in [4.69, 9.17) is 0 Å². The first-order valence-corrected chi connectivity index (χ1v) is 6.06. The first-order chi connectivity index (χ1) is 7.61. The lowest BCUT2D eigenvalue weighted by Crippen LogP contribution is -2.39. The normalized spacial score (nSPS) is 19.6. The molecule has 0 aromatic rings. The van der Waals surface area contributed by atoms with Crippen LogP contribution < -0.4 is 0 Å². The van der Waals surface area contributed by atoms with Crippen LogP contribution in [0.2, 0.25) is 0 Å². The van der Waals surface area contributed by atoms with Crippen molar-refractivity contribution < 1.29 is 9.59 Å². The molecule has 1 rings (SSSR count). The molecule has 0 bridgehead atoms. The van der Waals surface area contributed by atoms with E-state index >= 15 is 0 Å².